The molecule has 0 aliphatic carbocycles. The first kappa shape index (κ1) is 16.7. The first-order valence-electron chi connectivity index (χ1n) is 6.07. The van der Waals surface area contributed by atoms with Crippen molar-refractivity contribution < 1.29 is 24.5 Å². The number of hydrogen-bond acceptors (Lipinski definition) is 4. The smallest absolute Gasteiger partial charge is 0.407 e. The molecule has 0 aromatic rings. The number of carbonyl (C=O) groups is 2. The molecular formula is C12H23NO5. The highest BCUT2D eigenvalue weighted by Gasteiger charge is 2.28. The zero-order valence-electron chi connectivity index (χ0n) is 11.4. The molecule has 0 saturated carbocycles. The van der Waals surface area contributed by atoms with Crippen molar-refractivity contribution in [3.05, 3.63) is 0 Å². The van der Waals surface area contributed by atoms with Gasteiger partial charge in [-0.25, -0.2) is 9.59 Å². The maximum Gasteiger partial charge on any atom is 0.407 e. The van der Waals surface area contributed by atoms with Crippen LogP contribution in [0.4, 0.5) is 4.79 Å². The van der Waals surface area contributed by atoms with Crippen molar-refractivity contribution in [3.63, 3.8) is 0 Å². The Hall–Kier alpha value is -1.30. The summed E-state index contributed by atoms with van der Waals surface area (Å²) in [6.45, 7) is 7.07. The molecule has 106 valence electrons. The minimum absolute atomic E-state index is 0.392. The number of nitrogens with one attached hydrogen (secondary N) is 1. The molecule has 6 heteroatoms. The summed E-state index contributed by atoms with van der Waals surface area (Å²) in [5.74, 6) is -1.35. The van der Waals surface area contributed by atoms with Crippen LogP contribution in [0, 0.1) is 0 Å². The molecule has 6 nitrogen and oxygen atoms in total. The maximum atomic E-state index is 11.5. The number of carboxylic acid groups (broad SMARTS) is 1. The summed E-state index contributed by atoms with van der Waals surface area (Å²) in [4.78, 5) is 22.3. The second-order valence-corrected chi connectivity index (χ2v) is 5.18. The van der Waals surface area contributed by atoms with E-state index in [9.17, 15) is 14.7 Å². The van der Waals surface area contributed by atoms with Crippen LogP contribution in [0.15, 0.2) is 0 Å². The third-order valence-corrected chi connectivity index (χ3v) is 2.20. The minimum Gasteiger partial charge on any atom is -0.479 e. The standard InChI is InChI=1S/C12H23NO5/c1-5-6-7-8(9(14)10(15)16)13-11(17)18-12(2,3)4/h8-9,14H,5-7H2,1-4H3,(H,13,17)(H,15,16)/t8-,9-/m0/s1. The van der Waals surface area contributed by atoms with Crippen LogP contribution in [-0.4, -0.2) is 40.0 Å². The summed E-state index contributed by atoms with van der Waals surface area (Å²) in [7, 11) is 0. The van der Waals surface area contributed by atoms with Gasteiger partial charge < -0.3 is 20.3 Å². The molecule has 0 rings (SSSR count). The maximum absolute atomic E-state index is 11.5. The van der Waals surface area contributed by atoms with E-state index in [1.165, 1.54) is 0 Å². The number of alkyl carbamates (subject to hydrolysis) is 1. The summed E-state index contributed by atoms with van der Waals surface area (Å²) in [5.41, 5.74) is -0.659. The monoisotopic (exact) mass is 261 g/mol. The van der Waals surface area contributed by atoms with Crippen LogP contribution in [0.5, 0.6) is 0 Å². The van der Waals surface area contributed by atoms with E-state index < -0.39 is 29.8 Å². The molecular weight excluding hydrogens is 238 g/mol. The average Bonchev–Trinajstić information content (AvgIpc) is 2.20. The van der Waals surface area contributed by atoms with Gasteiger partial charge in [-0.3, -0.25) is 0 Å². The molecule has 0 aliphatic heterocycles. The van der Waals surface area contributed by atoms with Crippen LogP contribution < -0.4 is 5.32 Å². The van der Waals surface area contributed by atoms with Gasteiger partial charge in [-0.05, 0) is 27.2 Å². The van der Waals surface area contributed by atoms with Crippen LogP contribution in [-0.2, 0) is 9.53 Å². The first-order chi connectivity index (χ1) is 8.17. The molecule has 2 atom stereocenters. The molecule has 0 aromatic heterocycles. The van der Waals surface area contributed by atoms with Crippen molar-refractivity contribution in [3.8, 4) is 0 Å². The SMILES string of the molecule is CCCC[C@H](NC(=O)OC(C)(C)C)[C@H](O)C(=O)O. The van der Waals surface area contributed by atoms with Gasteiger partial charge in [0, 0.05) is 0 Å². The molecule has 18 heavy (non-hydrogen) atoms. The lowest BCUT2D eigenvalue weighted by Gasteiger charge is -2.25. The van der Waals surface area contributed by atoms with Crippen LogP contribution in [0.2, 0.25) is 0 Å². The second kappa shape index (κ2) is 7.20. The van der Waals surface area contributed by atoms with E-state index in [-0.39, 0.29) is 0 Å². The Kier molecular flexibility index (Phi) is 6.68. The predicted molar refractivity (Wildman–Crippen MR) is 66.3 cm³/mol. The van der Waals surface area contributed by atoms with E-state index in [1.54, 1.807) is 20.8 Å². The molecule has 0 aliphatic rings. The Morgan fingerprint density at radius 2 is 1.89 bits per heavy atom. The molecule has 0 heterocycles. The van der Waals surface area contributed by atoms with Gasteiger partial charge in [0.15, 0.2) is 6.10 Å². The number of aliphatic hydroxyl groups is 1. The fraction of sp³-hybridized carbons (Fsp3) is 0.833. The number of aliphatic carboxylic acids is 1. The molecule has 0 saturated heterocycles. The number of hydrogen-bond donors (Lipinski definition) is 3. The summed E-state index contributed by atoms with van der Waals surface area (Å²) in [6, 6.07) is -0.836. The Labute approximate surface area is 107 Å². The summed E-state index contributed by atoms with van der Waals surface area (Å²) >= 11 is 0. The van der Waals surface area contributed by atoms with E-state index in [2.05, 4.69) is 5.32 Å². The lowest BCUT2D eigenvalue weighted by Crippen LogP contribution is -2.48. The number of unbranched alkanes of at least 4 members (excludes halogenated alkanes) is 1. The Balaban J connectivity index is 4.49. The van der Waals surface area contributed by atoms with Gasteiger partial charge in [-0.1, -0.05) is 19.8 Å². The topological polar surface area (TPSA) is 95.9 Å². The van der Waals surface area contributed by atoms with Crippen molar-refractivity contribution >= 4 is 12.1 Å². The van der Waals surface area contributed by atoms with Gasteiger partial charge >= 0.3 is 12.1 Å². The fourth-order valence-electron chi connectivity index (χ4n) is 1.36. The van der Waals surface area contributed by atoms with Gasteiger partial charge in [-0.15, -0.1) is 0 Å². The van der Waals surface area contributed by atoms with Crippen LogP contribution in [0.3, 0.4) is 0 Å². The molecule has 0 aromatic carbocycles. The van der Waals surface area contributed by atoms with Gasteiger partial charge in [0.2, 0.25) is 0 Å². The highest BCUT2D eigenvalue weighted by atomic mass is 16.6. The lowest BCUT2D eigenvalue weighted by atomic mass is 10.0. The minimum atomic E-state index is -1.62. The van der Waals surface area contributed by atoms with Crippen LogP contribution in [0.25, 0.3) is 0 Å². The molecule has 1 amide bonds. The highest BCUT2D eigenvalue weighted by Crippen LogP contribution is 2.10. The molecule has 0 radical (unpaired) electrons. The van der Waals surface area contributed by atoms with E-state index in [0.717, 1.165) is 6.42 Å². The van der Waals surface area contributed by atoms with E-state index in [1.807, 2.05) is 6.92 Å². The van der Waals surface area contributed by atoms with Gasteiger partial charge in [0.1, 0.15) is 5.60 Å². The summed E-state index contributed by atoms with van der Waals surface area (Å²) < 4.78 is 5.02. The second-order valence-electron chi connectivity index (χ2n) is 5.18. The average molecular weight is 261 g/mol. The van der Waals surface area contributed by atoms with Gasteiger partial charge in [-0.2, -0.15) is 0 Å². The van der Waals surface area contributed by atoms with Crippen molar-refractivity contribution in [1.82, 2.24) is 5.32 Å². The largest absolute Gasteiger partial charge is 0.479 e. The normalized spacial score (nSPS) is 14.7. The van der Waals surface area contributed by atoms with Crippen LogP contribution in [0.1, 0.15) is 47.0 Å². The van der Waals surface area contributed by atoms with Crippen molar-refractivity contribution in [1.29, 1.82) is 0 Å². The predicted octanol–water partition coefficient (Wildman–Crippen LogP) is 1.52. The Morgan fingerprint density at radius 1 is 1.33 bits per heavy atom. The summed E-state index contributed by atoms with van der Waals surface area (Å²) in [5, 5.41) is 20.6. The zero-order valence-corrected chi connectivity index (χ0v) is 11.4. The third-order valence-electron chi connectivity index (χ3n) is 2.20. The third kappa shape index (κ3) is 7.11. The molecule has 0 bridgehead atoms. The molecule has 0 fully saturated rings. The van der Waals surface area contributed by atoms with Crippen molar-refractivity contribution in [2.45, 2.75) is 64.7 Å². The number of amides is 1. The number of carbonyl (C=O) groups excluding carboxylic acids is 1. The fourth-order valence-corrected chi connectivity index (χ4v) is 1.36. The van der Waals surface area contributed by atoms with Gasteiger partial charge in [0.05, 0.1) is 6.04 Å². The quantitative estimate of drug-likeness (QED) is 0.673. The highest BCUT2D eigenvalue weighted by molar-refractivity contribution is 5.75. The number of carboxylic acids is 1. The van der Waals surface area contributed by atoms with Crippen molar-refractivity contribution in [2.24, 2.45) is 0 Å². The zero-order chi connectivity index (χ0) is 14.3. The number of aliphatic hydroxyl groups excluding tert-OH is 1. The number of rotatable bonds is 6. The Bertz CT molecular complexity index is 285. The lowest BCUT2D eigenvalue weighted by molar-refractivity contribution is -0.148. The first-order valence-corrected chi connectivity index (χ1v) is 6.07. The molecule has 3 N–H and O–H groups in total. The van der Waals surface area contributed by atoms with Crippen molar-refractivity contribution in [2.75, 3.05) is 0 Å². The molecule has 0 spiro atoms. The molecule has 0 unspecified atom stereocenters. The van der Waals surface area contributed by atoms with E-state index in [4.69, 9.17) is 9.84 Å². The van der Waals surface area contributed by atoms with Gasteiger partial charge in [0.25, 0.3) is 0 Å². The van der Waals surface area contributed by atoms with Crippen LogP contribution >= 0.6 is 0 Å². The van der Waals surface area contributed by atoms with E-state index >= 15 is 0 Å². The number of ether oxygens (including phenoxy) is 1. The van der Waals surface area contributed by atoms with E-state index in [0.29, 0.717) is 12.8 Å². The summed E-state index contributed by atoms with van der Waals surface area (Å²) in [6.07, 6.45) is -0.389. The Morgan fingerprint density at radius 3 is 2.28 bits per heavy atom.